The molecule has 2 atom stereocenters. The molecular formula is C9H16BrNOS. The molecule has 0 aromatic heterocycles. The number of alkyl halides is 1. The first-order chi connectivity index (χ1) is 6.27. The highest BCUT2D eigenvalue weighted by atomic mass is 79.9. The first-order valence-electron chi connectivity index (χ1n) is 4.74. The Bertz CT molecular complexity index is 177. The van der Waals surface area contributed by atoms with E-state index in [4.69, 9.17) is 0 Å². The Labute approximate surface area is 92.4 Å². The Kier molecular flexibility index (Phi) is 5.17. The number of thioether (sulfide) groups is 1. The Hall–Kier alpha value is 0.300. The molecule has 0 bridgehead atoms. The lowest BCUT2D eigenvalue weighted by atomic mass is 10.2. The van der Waals surface area contributed by atoms with Crippen LogP contribution in [-0.4, -0.2) is 28.3 Å². The van der Waals surface area contributed by atoms with Crippen LogP contribution in [0.2, 0.25) is 0 Å². The van der Waals surface area contributed by atoms with Gasteiger partial charge in [-0.05, 0) is 18.6 Å². The highest BCUT2D eigenvalue weighted by Gasteiger charge is 2.27. The molecule has 1 N–H and O–H groups in total. The van der Waals surface area contributed by atoms with Gasteiger partial charge in [0.15, 0.2) is 0 Å². The molecule has 1 rings (SSSR count). The van der Waals surface area contributed by atoms with Gasteiger partial charge in [-0.15, -0.1) is 0 Å². The summed E-state index contributed by atoms with van der Waals surface area (Å²) in [5.41, 5.74) is 0. The van der Waals surface area contributed by atoms with E-state index in [1.54, 1.807) is 0 Å². The van der Waals surface area contributed by atoms with Crippen molar-refractivity contribution in [3.8, 4) is 0 Å². The van der Waals surface area contributed by atoms with E-state index in [0.717, 1.165) is 12.2 Å². The minimum absolute atomic E-state index is 0.119. The predicted octanol–water partition coefficient (Wildman–Crippen LogP) is 2.17. The van der Waals surface area contributed by atoms with Crippen molar-refractivity contribution in [2.24, 2.45) is 0 Å². The van der Waals surface area contributed by atoms with Crippen molar-refractivity contribution in [3.05, 3.63) is 0 Å². The van der Waals surface area contributed by atoms with E-state index in [-0.39, 0.29) is 5.91 Å². The summed E-state index contributed by atoms with van der Waals surface area (Å²) in [6, 6.07) is 0.412. The number of carbonyl (C=O) groups is 1. The van der Waals surface area contributed by atoms with Crippen LogP contribution in [0.4, 0.5) is 0 Å². The lowest BCUT2D eigenvalue weighted by Gasteiger charge is -2.19. The summed E-state index contributed by atoms with van der Waals surface area (Å²) in [5.74, 6) is 1.26. The molecule has 13 heavy (non-hydrogen) atoms. The molecule has 0 spiro atoms. The summed E-state index contributed by atoms with van der Waals surface area (Å²) in [6.07, 6.45) is 3.66. The van der Waals surface area contributed by atoms with E-state index >= 15 is 0 Å². The standard InChI is InChI=1S/C9H16BrNOS/c1-2-13-8-5-3-4-7(8)11-9(12)6-10/h7-8H,2-6H2,1H3,(H,11,12). The van der Waals surface area contributed by atoms with Crippen molar-refractivity contribution < 1.29 is 4.79 Å². The Balaban J connectivity index is 2.34. The normalized spacial score (nSPS) is 27.5. The minimum atomic E-state index is 0.119. The maximum Gasteiger partial charge on any atom is 0.230 e. The molecule has 76 valence electrons. The maximum absolute atomic E-state index is 11.2. The number of hydrogen-bond acceptors (Lipinski definition) is 2. The van der Waals surface area contributed by atoms with Crippen molar-refractivity contribution in [1.29, 1.82) is 0 Å². The second-order valence-electron chi connectivity index (χ2n) is 3.23. The number of halogens is 1. The lowest BCUT2D eigenvalue weighted by Crippen LogP contribution is -2.39. The molecule has 0 saturated heterocycles. The number of amides is 1. The van der Waals surface area contributed by atoms with Crippen LogP contribution < -0.4 is 5.32 Å². The monoisotopic (exact) mass is 265 g/mol. The minimum Gasteiger partial charge on any atom is -0.352 e. The van der Waals surface area contributed by atoms with E-state index in [0.29, 0.717) is 16.6 Å². The van der Waals surface area contributed by atoms with E-state index in [1.165, 1.54) is 12.8 Å². The van der Waals surface area contributed by atoms with Gasteiger partial charge in [0.2, 0.25) is 5.91 Å². The summed E-state index contributed by atoms with van der Waals surface area (Å²) in [6.45, 7) is 2.17. The molecule has 0 aromatic carbocycles. The second-order valence-corrected chi connectivity index (χ2v) is 5.31. The molecular weight excluding hydrogens is 250 g/mol. The van der Waals surface area contributed by atoms with E-state index in [1.807, 2.05) is 11.8 Å². The van der Waals surface area contributed by atoms with Crippen molar-refractivity contribution in [2.45, 2.75) is 37.5 Å². The highest BCUT2D eigenvalue weighted by Crippen LogP contribution is 2.29. The van der Waals surface area contributed by atoms with Crippen molar-refractivity contribution >= 4 is 33.6 Å². The first-order valence-corrected chi connectivity index (χ1v) is 6.92. The molecule has 0 radical (unpaired) electrons. The quantitative estimate of drug-likeness (QED) is 0.790. The molecule has 0 heterocycles. The zero-order valence-corrected chi connectivity index (χ0v) is 10.3. The average molecular weight is 266 g/mol. The van der Waals surface area contributed by atoms with Gasteiger partial charge in [0.05, 0.1) is 5.33 Å². The molecule has 2 nitrogen and oxygen atoms in total. The fourth-order valence-electron chi connectivity index (χ4n) is 1.75. The van der Waals surface area contributed by atoms with Crippen LogP contribution in [0.3, 0.4) is 0 Å². The predicted molar refractivity (Wildman–Crippen MR) is 61.5 cm³/mol. The molecule has 4 heteroatoms. The summed E-state index contributed by atoms with van der Waals surface area (Å²) >= 11 is 5.13. The molecule has 0 aromatic rings. The third kappa shape index (κ3) is 3.50. The van der Waals surface area contributed by atoms with Crippen LogP contribution in [-0.2, 0) is 4.79 Å². The lowest BCUT2D eigenvalue weighted by molar-refractivity contribution is -0.119. The van der Waals surface area contributed by atoms with Crippen molar-refractivity contribution in [1.82, 2.24) is 5.32 Å². The highest BCUT2D eigenvalue weighted by molar-refractivity contribution is 9.09. The zero-order valence-electron chi connectivity index (χ0n) is 7.88. The number of rotatable bonds is 4. The summed E-state index contributed by atoms with van der Waals surface area (Å²) in [4.78, 5) is 11.2. The summed E-state index contributed by atoms with van der Waals surface area (Å²) in [5, 5.41) is 4.13. The SMILES string of the molecule is CCSC1CCCC1NC(=O)CBr. The van der Waals surface area contributed by atoms with Gasteiger partial charge < -0.3 is 5.32 Å². The largest absolute Gasteiger partial charge is 0.352 e. The van der Waals surface area contributed by atoms with Crippen LogP contribution in [0, 0.1) is 0 Å². The van der Waals surface area contributed by atoms with Crippen LogP contribution in [0.25, 0.3) is 0 Å². The number of nitrogens with one attached hydrogen (secondary N) is 1. The third-order valence-corrected chi connectivity index (χ3v) is 4.14. The fraction of sp³-hybridized carbons (Fsp3) is 0.889. The van der Waals surface area contributed by atoms with Crippen LogP contribution in [0.1, 0.15) is 26.2 Å². The van der Waals surface area contributed by atoms with Gasteiger partial charge in [-0.3, -0.25) is 4.79 Å². The van der Waals surface area contributed by atoms with Gasteiger partial charge in [-0.1, -0.05) is 29.3 Å². The Morgan fingerprint density at radius 2 is 2.38 bits per heavy atom. The molecule has 1 fully saturated rings. The summed E-state index contributed by atoms with van der Waals surface area (Å²) in [7, 11) is 0. The van der Waals surface area contributed by atoms with Gasteiger partial charge in [-0.25, -0.2) is 0 Å². The van der Waals surface area contributed by atoms with E-state index < -0.39 is 0 Å². The molecule has 1 saturated carbocycles. The number of carbonyl (C=O) groups excluding carboxylic acids is 1. The molecule has 1 aliphatic rings. The van der Waals surface area contributed by atoms with Gasteiger partial charge in [0.1, 0.15) is 0 Å². The van der Waals surface area contributed by atoms with E-state index in [9.17, 15) is 4.79 Å². The average Bonchev–Trinajstić information content (AvgIpc) is 2.54. The molecule has 0 aliphatic heterocycles. The number of hydrogen-bond donors (Lipinski definition) is 1. The fourth-order valence-corrected chi connectivity index (χ4v) is 3.11. The first kappa shape index (κ1) is 11.4. The third-order valence-electron chi connectivity index (χ3n) is 2.30. The smallest absolute Gasteiger partial charge is 0.230 e. The molecule has 2 unspecified atom stereocenters. The Morgan fingerprint density at radius 3 is 3.00 bits per heavy atom. The summed E-state index contributed by atoms with van der Waals surface area (Å²) < 4.78 is 0. The van der Waals surface area contributed by atoms with Gasteiger partial charge in [0.25, 0.3) is 0 Å². The topological polar surface area (TPSA) is 29.1 Å². The molecule has 1 amide bonds. The van der Waals surface area contributed by atoms with Gasteiger partial charge >= 0.3 is 0 Å². The Morgan fingerprint density at radius 1 is 1.62 bits per heavy atom. The maximum atomic E-state index is 11.2. The zero-order chi connectivity index (χ0) is 9.68. The van der Waals surface area contributed by atoms with Crippen LogP contribution >= 0.6 is 27.7 Å². The van der Waals surface area contributed by atoms with E-state index in [2.05, 4.69) is 28.2 Å². The van der Waals surface area contributed by atoms with Crippen molar-refractivity contribution in [3.63, 3.8) is 0 Å². The van der Waals surface area contributed by atoms with Crippen LogP contribution in [0.15, 0.2) is 0 Å². The van der Waals surface area contributed by atoms with Gasteiger partial charge in [0, 0.05) is 11.3 Å². The van der Waals surface area contributed by atoms with Crippen molar-refractivity contribution in [2.75, 3.05) is 11.1 Å². The van der Waals surface area contributed by atoms with Crippen LogP contribution in [0.5, 0.6) is 0 Å². The molecule has 1 aliphatic carbocycles. The van der Waals surface area contributed by atoms with Gasteiger partial charge in [-0.2, -0.15) is 11.8 Å². The second kappa shape index (κ2) is 5.91.